The summed E-state index contributed by atoms with van der Waals surface area (Å²) in [6.07, 6.45) is 9.03. The maximum atomic E-state index is 4.10. The van der Waals surface area contributed by atoms with Crippen LogP contribution in [0.4, 0.5) is 5.69 Å². The number of rotatable bonds is 9. The molecule has 1 aromatic heterocycles. The lowest BCUT2D eigenvalue weighted by Crippen LogP contribution is -1.97. The normalized spacial score (nSPS) is 10.2. The molecule has 1 N–H and O–H groups in total. The largest absolute Gasteiger partial charge is 0.382 e. The first-order valence-corrected chi connectivity index (χ1v) is 15.7. The average molecular weight is 561 g/mol. The maximum absolute atomic E-state index is 4.10. The third kappa shape index (κ3) is 14.4. The lowest BCUT2D eigenvalue weighted by molar-refractivity contribution is 1.25. The van der Waals surface area contributed by atoms with Crippen molar-refractivity contribution >= 4 is 38.5 Å². The molecule has 0 spiro atoms. The highest BCUT2D eigenvalue weighted by molar-refractivity contribution is 7.99. The molecule has 38 heavy (non-hydrogen) atoms. The fraction of sp³-hybridized carbons (Fsp3) is 0.242. The van der Waals surface area contributed by atoms with Gasteiger partial charge in [-0.2, -0.15) is 0 Å². The van der Waals surface area contributed by atoms with Crippen molar-refractivity contribution in [3.8, 4) is 0 Å². The van der Waals surface area contributed by atoms with E-state index in [9.17, 15) is 0 Å². The summed E-state index contributed by atoms with van der Waals surface area (Å²) in [5.74, 6) is 2.17. The number of aromatic nitrogens is 1. The Morgan fingerprint density at radius 2 is 1.32 bits per heavy atom. The monoisotopic (exact) mass is 560 g/mol. The highest BCUT2D eigenvalue weighted by atomic mass is 32.2. The Balaban J connectivity index is 0.000000203. The molecule has 0 bridgehead atoms. The Bertz CT molecular complexity index is 1160. The van der Waals surface area contributed by atoms with E-state index < -0.39 is 0 Å². The van der Waals surface area contributed by atoms with Crippen molar-refractivity contribution in [1.82, 2.24) is 4.98 Å². The Hall–Kier alpha value is -2.52. The molecule has 1 atom stereocenters. The van der Waals surface area contributed by atoms with Crippen LogP contribution in [0, 0.1) is 20.8 Å². The summed E-state index contributed by atoms with van der Waals surface area (Å²) in [7, 11) is 2.74. The number of nitrogens with zero attached hydrogens (tertiary/aromatic N) is 1. The first kappa shape index (κ1) is 31.7. The van der Waals surface area contributed by atoms with Gasteiger partial charge in [0.25, 0.3) is 0 Å². The summed E-state index contributed by atoms with van der Waals surface area (Å²) in [5.41, 5.74) is 6.38. The van der Waals surface area contributed by atoms with Gasteiger partial charge in [0.1, 0.15) is 0 Å². The van der Waals surface area contributed by atoms with Crippen molar-refractivity contribution < 1.29 is 0 Å². The van der Waals surface area contributed by atoms with Crippen molar-refractivity contribution in [2.75, 3.05) is 23.8 Å². The second-order valence-corrected chi connectivity index (χ2v) is 11.5. The predicted molar refractivity (Wildman–Crippen MR) is 176 cm³/mol. The van der Waals surface area contributed by atoms with Crippen LogP contribution in [-0.4, -0.2) is 23.4 Å². The highest BCUT2D eigenvalue weighted by Crippen LogP contribution is 2.22. The second kappa shape index (κ2) is 19.5. The van der Waals surface area contributed by atoms with Crippen LogP contribution in [0.1, 0.15) is 29.2 Å². The van der Waals surface area contributed by atoms with Gasteiger partial charge in [0, 0.05) is 45.9 Å². The third-order valence-corrected chi connectivity index (χ3v) is 8.10. The highest BCUT2D eigenvalue weighted by Gasteiger charge is 1.95. The van der Waals surface area contributed by atoms with Crippen molar-refractivity contribution in [2.45, 2.75) is 43.2 Å². The molecule has 1 heterocycles. The number of pyridine rings is 1. The van der Waals surface area contributed by atoms with Crippen molar-refractivity contribution in [3.63, 3.8) is 0 Å². The number of nitrogens with one attached hydrogen (secondary N) is 1. The predicted octanol–water partition coefficient (Wildman–Crippen LogP) is 9.63. The minimum absolute atomic E-state index is 0.902. The second-order valence-electron chi connectivity index (χ2n) is 8.73. The van der Waals surface area contributed by atoms with Gasteiger partial charge in [-0.25, -0.2) is 0 Å². The average Bonchev–Trinajstić information content (AvgIpc) is 2.95. The number of hydrogen-bond donors (Lipinski definition) is 1. The van der Waals surface area contributed by atoms with Gasteiger partial charge in [-0.1, -0.05) is 71.3 Å². The van der Waals surface area contributed by atoms with Crippen LogP contribution in [0.15, 0.2) is 119 Å². The number of allylic oxidation sites excluding steroid dienone is 1. The van der Waals surface area contributed by atoms with E-state index in [0.29, 0.717) is 0 Å². The summed E-state index contributed by atoms with van der Waals surface area (Å²) in [6, 6.07) is 29.8. The molecule has 0 amide bonds. The van der Waals surface area contributed by atoms with E-state index in [1.807, 2.05) is 48.8 Å². The van der Waals surface area contributed by atoms with E-state index in [4.69, 9.17) is 0 Å². The van der Waals surface area contributed by atoms with Crippen LogP contribution in [0.5, 0.6) is 0 Å². The van der Waals surface area contributed by atoms with E-state index in [2.05, 4.69) is 125 Å². The van der Waals surface area contributed by atoms with Crippen LogP contribution >= 0.6 is 32.8 Å². The molecule has 1 unspecified atom stereocenters. The summed E-state index contributed by atoms with van der Waals surface area (Å²) in [4.78, 5) is 6.78. The van der Waals surface area contributed by atoms with Gasteiger partial charge < -0.3 is 5.32 Å². The number of aryl methyl sites for hydroxylation is 3. The summed E-state index contributed by atoms with van der Waals surface area (Å²) in [5, 5.41) is 3.29. The topological polar surface area (TPSA) is 24.9 Å². The van der Waals surface area contributed by atoms with Gasteiger partial charge in [0.05, 0.1) is 0 Å². The van der Waals surface area contributed by atoms with Gasteiger partial charge in [-0.3, -0.25) is 4.98 Å². The molecule has 4 aromatic rings. The first-order chi connectivity index (χ1) is 18.5. The Morgan fingerprint density at radius 1 is 0.763 bits per heavy atom. The van der Waals surface area contributed by atoms with E-state index in [1.54, 1.807) is 6.20 Å². The van der Waals surface area contributed by atoms with E-state index in [0.717, 1.165) is 12.3 Å². The number of hydrogen-bond acceptors (Lipinski definition) is 4. The fourth-order valence-electron chi connectivity index (χ4n) is 3.06. The van der Waals surface area contributed by atoms with E-state index in [-0.39, 0.29) is 0 Å². The van der Waals surface area contributed by atoms with Crippen LogP contribution in [0.3, 0.4) is 0 Å². The fourth-order valence-corrected chi connectivity index (χ4v) is 4.93. The van der Waals surface area contributed by atoms with Crippen molar-refractivity contribution in [3.05, 3.63) is 132 Å². The molecular weight excluding hydrogens is 519 g/mol. The van der Waals surface area contributed by atoms with Crippen LogP contribution < -0.4 is 5.32 Å². The molecule has 3 aromatic carbocycles. The zero-order chi connectivity index (χ0) is 27.4. The zero-order valence-electron chi connectivity index (χ0n) is 23.1. The number of thioether (sulfide) groups is 2. The molecule has 0 saturated carbocycles. The molecule has 5 heteroatoms. The molecular formula is C33H41N2PS2. The third-order valence-electron chi connectivity index (χ3n) is 5.27. The Morgan fingerprint density at radius 3 is 1.82 bits per heavy atom. The molecule has 0 radical (unpaired) electrons. The minimum Gasteiger partial charge on any atom is -0.382 e. The van der Waals surface area contributed by atoms with Crippen molar-refractivity contribution in [2.24, 2.45) is 0 Å². The Labute approximate surface area is 241 Å². The lowest BCUT2D eigenvalue weighted by atomic mass is 10.2. The molecule has 2 nitrogen and oxygen atoms in total. The van der Waals surface area contributed by atoms with Gasteiger partial charge in [-0.05, 0) is 81.9 Å². The first-order valence-electron chi connectivity index (χ1n) is 12.9. The minimum atomic E-state index is 0.902. The quantitative estimate of drug-likeness (QED) is 0.125. The van der Waals surface area contributed by atoms with Gasteiger partial charge in [0.2, 0.25) is 0 Å². The summed E-state index contributed by atoms with van der Waals surface area (Å²) < 4.78 is 0. The molecule has 0 aliphatic heterocycles. The molecule has 4 rings (SSSR count). The molecule has 0 aliphatic rings. The molecule has 200 valence electrons. The molecule has 0 aliphatic carbocycles. The van der Waals surface area contributed by atoms with Crippen LogP contribution in [0.25, 0.3) is 0 Å². The standard InChI is InChI=1S/C13H13NS.C11H15N.C9H13PS/c1-11-4-6-13(7-5-11)15-10-12-3-2-8-14-9-12;1-3-4-9-12-11-7-5-10(2)6-8-11;1-8-2-4-9(5-3-8)11-7-6-10/h2-9H,10H2,1H3;3-8,12H,9H2,1-2H3;2-5H,6-7,10H2,1H3/b;4-3+;. The number of anilines is 1. The smallest absolute Gasteiger partial charge is 0.0342 e. The van der Waals surface area contributed by atoms with Crippen molar-refractivity contribution in [1.29, 1.82) is 0 Å². The molecule has 0 saturated heterocycles. The summed E-state index contributed by atoms with van der Waals surface area (Å²) in [6.45, 7) is 9.24. The lowest BCUT2D eigenvalue weighted by Gasteiger charge is -2.02. The van der Waals surface area contributed by atoms with E-state index in [1.165, 1.54) is 49.6 Å². The van der Waals surface area contributed by atoms with Gasteiger partial charge in [0.15, 0.2) is 0 Å². The molecule has 0 fully saturated rings. The van der Waals surface area contributed by atoms with E-state index >= 15 is 0 Å². The van der Waals surface area contributed by atoms with Gasteiger partial charge >= 0.3 is 0 Å². The van der Waals surface area contributed by atoms with Crippen LogP contribution in [0.2, 0.25) is 0 Å². The zero-order valence-corrected chi connectivity index (χ0v) is 25.8. The summed E-state index contributed by atoms with van der Waals surface area (Å²) >= 11 is 3.75. The maximum Gasteiger partial charge on any atom is 0.0342 e. The SMILES string of the molecule is C/C=C/CNc1ccc(C)cc1.Cc1ccc(SCCP)cc1.Cc1ccc(SCc2cccnc2)cc1. The van der Waals surface area contributed by atoms with Gasteiger partial charge in [-0.15, -0.1) is 32.8 Å². The Kier molecular flexibility index (Phi) is 16.3. The number of benzene rings is 3. The van der Waals surface area contributed by atoms with Crippen LogP contribution in [-0.2, 0) is 5.75 Å².